The molecule has 0 amide bonds. The molecule has 6 heteroatoms. The number of nitrogens with one attached hydrogen (secondary N) is 2. The molecule has 0 saturated heterocycles. The van der Waals surface area contributed by atoms with E-state index in [9.17, 15) is 5.11 Å². The van der Waals surface area contributed by atoms with Gasteiger partial charge in [-0.15, -0.1) is 0 Å². The molecule has 0 aliphatic rings. The van der Waals surface area contributed by atoms with Gasteiger partial charge in [-0.2, -0.15) is 5.10 Å². The number of aliphatic imine (C=N–C) groups is 1. The lowest BCUT2D eigenvalue weighted by molar-refractivity contribution is 0.0617. The largest absolute Gasteiger partial charge is 0.384 e. The van der Waals surface area contributed by atoms with Gasteiger partial charge in [-0.3, -0.25) is 0 Å². The summed E-state index contributed by atoms with van der Waals surface area (Å²) in [4.78, 5) is 4.75. The summed E-state index contributed by atoms with van der Waals surface area (Å²) < 4.78 is 1.96. The van der Waals surface area contributed by atoms with Crippen molar-refractivity contribution < 1.29 is 5.11 Å². The van der Waals surface area contributed by atoms with Gasteiger partial charge in [0.05, 0.1) is 24.5 Å². The predicted molar refractivity (Wildman–Crippen MR) is 122 cm³/mol. The van der Waals surface area contributed by atoms with Crippen LogP contribution in [0, 0.1) is 13.8 Å². The Morgan fingerprint density at radius 3 is 2.43 bits per heavy atom. The van der Waals surface area contributed by atoms with Crippen molar-refractivity contribution in [1.82, 2.24) is 20.4 Å². The summed E-state index contributed by atoms with van der Waals surface area (Å²) in [6.07, 6.45) is 0. The van der Waals surface area contributed by atoms with E-state index < -0.39 is 5.60 Å². The van der Waals surface area contributed by atoms with Crippen LogP contribution in [0.15, 0.2) is 65.7 Å². The van der Waals surface area contributed by atoms with E-state index in [0.29, 0.717) is 19.0 Å². The number of guanidine groups is 1. The molecule has 0 saturated carbocycles. The Labute approximate surface area is 178 Å². The van der Waals surface area contributed by atoms with Gasteiger partial charge in [0.15, 0.2) is 5.96 Å². The van der Waals surface area contributed by atoms with Crippen LogP contribution in [0.4, 0.5) is 0 Å². The highest BCUT2D eigenvalue weighted by Gasteiger charge is 2.23. The van der Waals surface area contributed by atoms with Gasteiger partial charge in [0.2, 0.25) is 0 Å². The lowest BCUT2D eigenvalue weighted by Gasteiger charge is -2.25. The maximum atomic E-state index is 10.9. The highest BCUT2D eigenvalue weighted by Crippen LogP contribution is 2.19. The number of nitrogens with zero attached hydrogens (tertiary/aromatic N) is 3. The van der Waals surface area contributed by atoms with Crippen molar-refractivity contribution in [3.8, 4) is 5.69 Å². The number of hydrogen-bond acceptors (Lipinski definition) is 3. The fraction of sp³-hybridized carbons (Fsp3) is 0.333. The quantitative estimate of drug-likeness (QED) is 0.416. The van der Waals surface area contributed by atoms with Crippen molar-refractivity contribution in [1.29, 1.82) is 0 Å². The maximum Gasteiger partial charge on any atom is 0.191 e. The summed E-state index contributed by atoms with van der Waals surface area (Å²) in [5, 5.41) is 22.0. The fourth-order valence-corrected chi connectivity index (χ4v) is 3.39. The Balaban J connectivity index is 1.77. The van der Waals surface area contributed by atoms with Gasteiger partial charge < -0.3 is 15.7 Å². The monoisotopic (exact) mass is 405 g/mol. The maximum absolute atomic E-state index is 10.9. The molecule has 2 aromatic carbocycles. The second kappa shape index (κ2) is 9.59. The highest BCUT2D eigenvalue weighted by atomic mass is 16.3. The van der Waals surface area contributed by atoms with Crippen molar-refractivity contribution >= 4 is 5.96 Å². The van der Waals surface area contributed by atoms with E-state index in [2.05, 4.69) is 40.9 Å². The molecule has 0 fully saturated rings. The predicted octanol–water partition coefficient (Wildman–Crippen LogP) is 3.45. The van der Waals surface area contributed by atoms with E-state index in [4.69, 9.17) is 4.99 Å². The van der Waals surface area contributed by atoms with Gasteiger partial charge in [0, 0.05) is 12.2 Å². The molecule has 158 valence electrons. The Morgan fingerprint density at radius 1 is 1.07 bits per heavy atom. The fourth-order valence-electron chi connectivity index (χ4n) is 3.39. The number of aliphatic hydroxyl groups is 1. The normalized spacial score (nSPS) is 13.7. The molecule has 30 heavy (non-hydrogen) atoms. The Bertz CT molecular complexity index is 992. The summed E-state index contributed by atoms with van der Waals surface area (Å²) >= 11 is 0. The summed E-state index contributed by atoms with van der Waals surface area (Å²) in [6.45, 7) is 9.46. The van der Waals surface area contributed by atoms with E-state index in [1.807, 2.05) is 61.0 Å². The smallest absolute Gasteiger partial charge is 0.191 e. The third-order valence-electron chi connectivity index (χ3n) is 4.98. The molecule has 0 bridgehead atoms. The number of aromatic nitrogens is 2. The molecule has 0 spiro atoms. The summed E-state index contributed by atoms with van der Waals surface area (Å²) in [6, 6.07) is 19.9. The van der Waals surface area contributed by atoms with Crippen LogP contribution < -0.4 is 10.6 Å². The van der Waals surface area contributed by atoms with Gasteiger partial charge in [0.25, 0.3) is 0 Å². The first kappa shape index (κ1) is 21.6. The minimum Gasteiger partial charge on any atom is -0.384 e. The van der Waals surface area contributed by atoms with Crippen LogP contribution in [-0.4, -0.2) is 33.9 Å². The molecule has 1 unspecified atom stereocenters. The number of rotatable bonds is 7. The number of benzene rings is 2. The standard InChI is InChI=1S/C24H31N5O/c1-5-25-23(27-17-24(4,30)21-12-7-6-8-13-21)26-16-20-11-9-10-14-22(20)29-19(3)15-18(2)28-29/h6-15,30H,5,16-17H2,1-4H3,(H2,25,26,27). The van der Waals surface area contributed by atoms with E-state index in [-0.39, 0.29) is 0 Å². The molecule has 0 aliphatic carbocycles. The lowest BCUT2D eigenvalue weighted by Crippen LogP contribution is -2.44. The molecule has 1 aromatic heterocycles. The van der Waals surface area contributed by atoms with Crippen molar-refractivity contribution in [3.05, 3.63) is 83.2 Å². The van der Waals surface area contributed by atoms with Crippen LogP contribution in [-0.2, 0) is 12.1 Å². The minimum atomic E-state index is -1.00. The third kappa shape index (κ3) is 5.27. The Morgan fingerprint density at radius 2 is 1.77 bits per heavy atom. The third-order valence-corrected chi connectivity index (χ3v) is 4.98. The number of hydrogen-bond donors (Lipinski definition) is 3. The first-order chi connectivity index (χ1) is 14.4. The van der Waals surface area contributed by atoms with Crippen LogP contribution in [0.5, 0.6) is 0 Å². The SMILES string of the molecule is CCNC(=NCc1ccccc1-n1nc(C)cc1C)NCC(C)(O)c1ccccc1. The van der Waals surface area contributed by atoms with Gasteiger partial charge in [0.1, 0.15) is 5.60 Å². The topological polar surface area (TPSA) is 74.5 Å². The first-order valence-corrected chi connectivity index (χ1v) is 10.3. The summed E-state index contributed by atoms with van der Waals surface area (Å²) in [5.74, 6) is 0.664. The molecule has 1 heterocycles. The van der Waals surface area contributed by atoms with E-state index in [1.54, 1.807) is 6.92 Å². The zero-order chi connectivity index (χ0) is 21.6. The molecule has 6 nitrogen and oxygen atoms in total. The molecular formula is C24H31N5O. The first-order valence-electron chi connectivity index (χ1n) is 10.3. The van der Waals surface area contributed by atoms with Gasteiger partial charge in [-0.05, 0) is 51.0 Å². The molecule has 3 rings (SSSR count). The number of para-hydroxylation sites is 1. The number of aryl methyl sites for hydroxylation is 2. The zero-order valence-electron chi connectivity index (χ0n) is 18.2. The molecule has 3 N–H and O–H groups in total. The Hall–Kier alpha value is -3.12. The summed E-state index contributed by atoms with van der Waals surface area (Å²) in [5.41, 5.74) is 4.05. The second-order valence-corrected chi connectivity index (χ2v) is 7.66. The summed E-state index contributed by atoms with van der Waals surface area (Å²) in [7, 11) is 0. The van der Waals surface area contributed by atoms with Crippen LogP contribution in [0.1, 0.15) is 36.4 Å². The zero-order valence-corrected chi connectivity index (χ0v) is 18.2. The van der Waals surface area contributed by atoms with Crippen molar-refractivity contribution in [2.75, 3.05) is 13.1 Å². The molecule has 3 aromatic rings. The van der Waals surface area contributed by atoms with Crippen LogP contribution in [0.3, 0.4) is 0 Å². The minimum absolute atomic E-state index is 0.349. The van der Waals surface area contributed by atoms with E-state index >= 15 is 0 Å². The molecule has 0 aliphatic heterocycles. The van der Waals surface area contributed by atoms with Crippen LogP contribution in [0.2, 0.25) is 0 Å². The van der Waals surface area contributed by atoms with Gasteiger partial charge in [-0.1, -0.05) is 48.5 Å². The van der Waals surface area contributed by atoms with Crippen molar-refractivity contribution in [2.24, 2.45) is 4.99 Å². The average Bonchev–Trinajstić information content (AvgIpc) is 3.08. The van der Waals surface area contributed by atoms with E-state index in [1.165, 1.54) is 0 Å². The van der Waals surface area contributed by atoms with Gasteiger partial charge in [-0.25, -0.2) is 9.67 Å². The lowest BCUT2D eigenvalue weighted by atomic mass is 9.96. The van der Waals surface area contributed by atoms with Crippen LogP contribution in [0.25, 0.3) is 5.69 Å². The average molecular weight is 406 g/mol. The Kier molecular flexibility index (Phi) is 6.90. The van der Waals surface area contributed by atoms with E-state index in [0.717, 1.165) is 34.7 Å². The van der Waals surface area contributed by atoms with Crippen molar-refractivity contribution in [2.45, 2.75) is 39.8 Å². The van der Waals surface area contributed by atoms with Crippen molar-refractivity contribution in [3.63, 3.8) is 0 Å². The molecule has 1 atom stereocenters. The van der Waals surface area contributed by atoms with Gasteiger partial charge >= 0.3 is 0 Å². The molecule has 0 radical (unpaired) electrons. The second-order valence-electron chi connectivity index (χ2n) is 7.66. The van der Waals surface area contributed by atoms with Crippen LogP contribution >= 0.6 is 0 Å². The highest BCUT2D eigenvalue weighted by molar-refractivity contribution is 5.79. The molecular weight excluding hydrogens is 374 g/mol.